The highest BCUT2D eigenvalue weighted by molar-refractivity contribution is 7.91. The van der Waals surface area contributed by atoms with E-state index in [0.29, 0.717) is 11.5 Å². The molecule has 2 aliphatic carbocycles. The molecule has 0 aromatic rings. The molecule has 1 aliphatic heterocycles. The molecule has 0 aromatic heterocycles. The van der Waals surface area contributed by atoms with Gasteiger partial charge in [0.2, 0.25) is 0 Å². The maximum absolute atomic E-state index is 12.1. The second kappa shape index (κ2) is 3.59. The molecular weight excluding hydrogens is 232 g/mol. The third-order valence-electron chi connectivity index (χ3n) is 5.39. The summed E-state index contributed by atoms with van der Waals surface area (Å²) >= 11 is 0. The first-order valence-electron chi connectivity index (χ1n) is 6.83. The lowest BCUT2D eigenvalue weighted by molar-refractivity contribution is 0.0741. The summed E-state index contributed by atoms with van der Waals surface area (Å²) in [6.45, 7) is 2.18. The monoisotopic (exact) mass is 254 g/mol. The molecule has 17 heavy (non-hydrogen) atoms. The lowest BCUT2D eigenvalue weighted by Gasteiger charge is -2.47. The quantitative estimate of drug-likeness (QED) is 0.623. The van der Waals surface area contributed by atoms with Gasteiger partial charge in [-0.1, -0.05) is 30.9 Å². The molecule has 3 rings (SSSR count). The summed E-state index contributed by atoms with van der Waals surface area (Å²) in [6.07, 6.45) is 10.4. The molecule has 2 nitrogen and oxygen atoms in total. The molecule has 1 saturated heterocycles. The standard InChI is InChI=1S/C14H22O2S/c1-12-5-8-13-6-3-2-4-7-14(13,9-12)11-17(15,16)10-13/h5H,2-4,6-11H2,1H3/t13-,14+/m0/s1. The van der Waals surface area contributed by atoms with Gasteiger partial charge in [-0.25, -0.2) is 8.42 Å². The van der Waals surface area contributed by atoms with Crippen LogP contribution in [-0.4, -0.2) is 19.9 Å². The number of sulfone groups is 1. The fraction of sp³-hybridized carbons (Fsp3) is 0.857. The Kier molecular flexibility index (Phi) is 2.49. The molecular formula is C14H22O2S. The largest absolute Gasteiger partial charge is 0.229 e. The zero-order valence-corrected chi connectivity index (χ0v) is 11.5. The van der Waals surface area contributed by atoms with E-state index in [1.807, 2.05) is 0 Å². The Morgan fingerprint density at radius 3 is 2.47 bits per heavy atom. The van der Waals surface area contributed by atoms with Crippen LogP contribution in [0.4, 0.5) is 0 Å². The third kappa shape index (κ3) is 1.69. The van der Waals surface area contributed by atoms with E-state index in [9.17, 15) is 8.42 Å². The minimum Gasteiger partial charge on any atom is -0.229 e. The lowest BCUT2D eigenvalue weighted by Crippen LogP contribution is -2.42. The molecule has 3 heteroatoms. The fourth-order valence-corrected chi connectivity index (χ4v) is 7.56. The molecule has 3 aliphatic rings. The van der Waals surface area contributed by atoms with Gasteiger partial charge in [-0.05, 0) is 43.4 Å². The van der Waals surface area contributed by atoms with Gasteiger partial charge in [0.1, 0.15) is 0 Å². The average molecular weight is 254 g/mol. The predicted molar refractivity (Wildman–Crippen MR) is 69.6 cm³/mol. The van der Waals surface area contributed by atoms with Crippen LogP contribution < -0.4 is 0 Å². The van der Waals surface area contributed by atoms with Crippen LogP contribution in [0.3, 0.4) is 0 Å². The summed E-state index contributed by atoms with van der Waals surface area (Å²) in [7, 11) is -2.80. The van der Waals surface area contributed by atoms with Crippen molar-refractivity contribution in [1.29, 1.82) is 0 Å². The molecule has 1 heterocycles. The molecule has 2 fully saturated rings. The average Bonchev–Trinajstić information content (AvgIpc) is 2.34. The second-order valence-electron chi connectivity index (χ2n) is 6.58. The summed E-state index contributed by atoms with van der Waals surface area (Å²) in [6, 6.07) is 0. The van der Waals surface area contributed by atoms with Crippen molar-refractivity contribution < 1.29 is 8.42 Å². The first-order valence-corrected chi connectivity index (χ1v) is 8.65. The van der Waals surface area contributed by atoms with E-state index < -0.39 is 9.84 Å². The highest BCUT2D eigenvalue weighted by atomic mass is 32.2. The van der Waals surface area contributed by atoms with Crippen molar-refractivity contribution in [3.05, 3.63) is 11.6 Å². The Morgan fingerprint density at radius 2 is 1.71 bits per heavy atom. The molecule has 1 saturated carbocycles. The van der Waals surface area contributed by atoms with Gasteiger partial charge in [0.25, 0.3) is 0 Å². The Labute approximate surface area is 104 Å². The number of allylic oxidation sites excluding steroid dienone is 2. The summed E-state index contributed by atoms with van der Waals surface area (Å²) in [4.78, 5) is 0. The van der Waals surface area contributed by atoms with Crippen molar-refractivity contribution in [2.45, 2.75) is 51.9 Å². The molecule has 0 amide bonds. The van der Waals surface area contributed by atoms with Gasteiger partial charge in [0.15, 0.2) is 9.84 Å². The first-order chi connectivity index (χ1) is 7.97. The van der Waals surface area contributed by atoms with Crippen molar-refractivity contribution in [2.24, 2.45) is 10.8 Å². The Balaban J connectivity index is 2.10. The van der Waals surface area contributed by atoms with Gasteiger partial charge in [-0.15, -0.1) is 0 Å². The van der Waals surface area contributed by atoms with E-state index >= 15 is 0 Å². The van der Waals surface area contributed by atoms with E-state index in [1.165, 1.54) is 24.8 Å². The fourth-order valence-electron chi connectivity index (χ4n) is 4.66. The Morgan fingerprint density at radius 1 is 1.06 bits per heavy atom. The van der Waals surface area contributed by atoms with E-state index in [4.69, 9.17) is 0 Å². The predicted octanol–water partition coefficient (Wildman–Crippen LogP) is 3.09. The summed E-state index contributed by atoms with van der Waals surface area (Å²) in [5.41, 5.74) is 1.61. The highest BCUT2D eigenvalue weighted by Crippen LogP contribution is 2.62. The number of rotatable bonds is 0. The lowest BCUT2D eigenvalue weighted by atomic mass is 9.56. The van der Waals surface area contributed by atoms with Crippen LogP contribution >= 0.6 is 0 Å². The normalized spacial score (nSPS) is 44.4. The van der Waals surface area contributed by atoms with Crippen molar-refractivity contribution in [1.82, 2.24) is 0 Å². The molecule has 0 bridgehead atoms. The van der Waals surface area contributed by atoms with Crippen molar-refractivity contribution in [3.8, 4) is 0 Å². The molecule has 2 atom stereocenters. The molecule has 0 aromatic carbocycles. The summed E-state index contributed by atoms with van der Waals surface area (Å²) < 4.78 is 24.3. The zero-order valence-electron chi connectivity index (χ0n) is 10.7. The van der Waals surface area contributed by atoms with Crippen LogP contribution in [0, 0.1) is 10.8 Å². The zero-order chi connectivity index (χ0) is 12.1. The Bertz CT molecular complexity index is 463. The Hall–Kier alpha value is -0.310. The van der Waals surface area contributed by atoms with E-state index in [-0.39, 0.29) is 10.8 Å². The van der Waals surface area contributed by atoms with Gasteiger partial charge in [0.05, 0.1) is 11.5 Å². The number of hydrogen-bond acceptors (Lipinski definition) is 2. The van der Waals surface area contributed by atoms with Crippen LogP contribution in [0.5, 0.6) is 0 Å². The first kappa shape index (κ1) is 11.8. The minimum absolute atomic E-state index is 0.0984. The maximum atomic E-state index is 12.1. The molecule has 0 radical (unpaired) electrons. The van der Waals surface area contributed by atoms with Crippen LogP contribution in [0.1, 0.15) is 51.9 Å². The van der Waals surface area contributed by atoms with Gasteiger partial charge < -0.3 is 0 Å². The topological polar surface area (TPSA) is 34.1 Å². The molecule has 96 valence electrons. The maximum Gasteiger partial charge on any atom is 0.151 e. The van der Waals surface area contributed by atoms with Crippen LogP contribution in [0.2, 0.25) is 0 Å². The van der Waals surface area contributed by atoms with Crippen LogP contribution in [0.25, 0.3) is 0 Å². The van der Waals surface area contributed by atoms with Gasteiger partial charge >= 0.3 is 0 Å². The summed E-state index contributed by atoms with van der Waals surface area (Å²) in [5.74, 6) is 0.926. The van der Waals surface area contributed by atoms with E-state index in [1.54, 1.807) is 0 Å². The summed E-state index contributed by atoms with van der Waals surface area (Å²) in [5, 5.41) is 0. The second-order valence-corrected chi connectivity index (χ2v) is 8.65. The SMILES string of the molecule is CC1=CC[C@]23CCCCC[C@@]2(C1)CS(=O)(=O)C3. The molecule has 0 spiro atoms. The number of hydrogen-bond donors (Lipinski definition) is 0. The third-order valence-corrected chi connectivity index (χ3v) is 7.37. The van der Waals surface area contributed by atoms with Crippen LogP contribution in [0.15, 0.2) is 11.6 Å². The van der Waals surface area contributed by atoms with E-state index in [0.717, 1.165) is 25.7 Å². The minimum atomic E-state index is -2.80. The van der Waals surface area contributed by atoms with Crippen LogP contribution in [-0.2, 0) is 9.84 Å². The smallest absolute Gasteiger partial charge is 0.151 e. The van der Waals surface area contributed by atoms with Crippen molar-refractivity contribution in [2.75, 3.05) is 11.5 Å². The van der Waals surface area contributed by atoms with Crippen molar-refractivity contribution >= 4 is 9.84 Å². The van der Waals surface area contributed by atoms with Gasteiger partial charge in [-0.2, -0.15) is 0 Å². The molecule has 0 N–H and O–H groups in total. The highest BCUT2D eigenvalue weighted by Gasteiger charge is 2.60. The molecule has 0 unspecified atom stereocenters. The van der Waals surface area contributed by atoms with Gasteiger partial charge in [0, 0.05) is 0 Å². The van der Waals surface area contributed by atoms with Gasteiger partial charge in [-0.3, -0.25) is 0 Å². The van der Waals surface area contributed by atoms with E-state index in [2.05, 4.69) is 13.0 Å². The van der Waals surface area contributed by atoms with Crippen molar-refractivity contribution in [3.63, 3.8) is 0 Å².